The maximum Gasteiger partial charge on any atom is 0.272 e. The minimum Gasteiger partial charge on any atom is -0.494 e. The Labute approximate surface area is 243 Å². The summed E-state index contributed by atoms with van der Waals surface area (Å²) in [5, 5.41) is 27.2. The second kappa shape index (κ2) is 10.8. The number of nitrogens with one attached hydrogen (secondary N) is 3. The molecule has 0 spiro atoms. The van der Waals surface area contributed by atoms with Gasteiger partial charge in [0.05, 0.1) is 48.9 Å². The summed E-state index contributed by atoms with van der Waals surface area (Å²) in [7, 11) is 7.10. The summed E-state index contributed by atoms with van der Waals surface area (Å²) in [5.74, 6) is -0.122. The quantitative estimate of drug-likeness (QED) is 0.240. The Morgan fingerprint density at radius 1 is 1.17 bits per heavy atom. The zero-order valence-electron chi connectivity index (χ0n) is 23.6. The largest absolute Gasteiger partial charge is 0.494 e. The van der Waals surface area contributed by atoms with Gasteiger partial charge in [0.2, 0.25) is 5.91 Å². The number of carbonyl (C=O) groups excluding carboxylic acids is 3. The van der Waals surface area contributed by atoms with E-state index in [2.05, 4.69) is 31.1 Å². The molecule has 2 aromatic heterocycles. The van der Waals surface area contributed by atoms with E-state index in [1.165, 1.54) is 24.6 Å². The molecule has 1 saturated carbocycles. The van der Waals surface area contributed by atoms with Crippen molar-refractivity contribution in [2.75, 3.05) is 30.8 Å². The minimum absolute atomic E-state index is 0.0295. The van der Waals surface area contributed by atoms with Crippen LogP contribution in [0.4, 0.5) is 17.2 Å². The van der Waals surface area contributed by atoms with E-state index in [4.69, 9.17) is 4.74 Å². The van der Waals surface area contributed by atoms with Gasteiger partial charge in [0.15, 0.2) is 17.3 Å². The lowest BCUT2D eigenvalue weighted by Crippen LogP contribution is -2.61. The van der Waals surface area contributed by atoms with E-state index < -0.39 is 16.7 Å². The van der Waals surface area contributed by atoms with Crippen molar-refractivity contribution in [3.63, 3.8) is 0 Å². The lowest BCUT2D eigenvalue weighted by atomic mass is 9.49. The molecule has 5 rings (SSSR count). The van der Waals surface area contributed by atoms with Crippen molar-refractivity contribution >= 4 is 69.8 Å². The molecule has 3 amide bonds. The van der Waals surface area contributed by atoms with E-state index in [0.717, 1.165) is 12.8 Å². The van der Waals surface area contributed by atoms with Gasteiger partial charge in [-0.2, -0.15) is 0 Å². The maximum atomic E-state index is 13.1. The SMILES string of the molecule is BC(B)(B)NC(=O)c1nnc(NC(=O)C2CC2)cc1Nc1cccc(-c2ncc(C(=O)N3CC(C)(O)C3)s2)c1OC. The average molecular weight is 573 g/mol. The maximum absolute atomic E-state index is 13.1. The second-order valence-electron chi connectivity index (χ2n) is 11.7. The first-order chi connectivity index (χ1) is 19.3. The Balaban J connectivity index is 1.45. The summed E-state index contributed by atoms with van der Waals surface area (Å²) in [4.78, 5) is 44.8. The van der Waals surface area contributed by atoms with Crippen LogP contribution in [0.15, 0.2) is 30.5 Å². The molecule has 4 N–H and O–H groups in total. The zero-order valence-corrected chi connectivity index (χ0v) is 24.4. The van der Waals surface area contributed by atoms with Gasteiger partial charge in [-0.3, -0.25) is 14.4 Å². The van der Waals surface area contributed by atoms with Crippen LogP contribution >= 0.6 is 11.3 Å². The van der Waals surface area contributed by atoms with Gasteiger partial charge in [-0.05, 0) is 37.1 Å². The van der Waals surface area contributed by atoms with Crippen LogP contribution in [-0.4, -0.2) is 97.5 Å². The fourth-order valence-electron chi connectivity index (χ4n) is 4.43. The topological polar surface area (TPSA) is 159 Å². The highest BCUT2D eigenvalue weighted by atomic mass is 32.1. The van der Waals surface area contributed by atoms with E-state index in [-0.39, 0.29) is 42.3 Å². The van der Waals surface area contributed by atoms with Gasteiger partial charge in [0.1, 0.15) is 33.4 Å². The number of nitrogens with zero attached hydrogens (tertiary/aromatic N) is 4. The third-order valence-corrected chi connectivity index (χ3v) is 7.50. The predicted molar refractivity (Wildman–Crippen MR) is 163 cm³/mol. The monoisotopic (exact) mass is 573 g/mol. The third-order valence-electron chi connectivity index (χ3n) is 6.48. The Bertz CT molecular complexity index is 1520. The van der Waals surface area contributed by atoms with E-state index >= 15 is 0 Å². The first-order valence-corrected chi connectivity index (χ1v) is 14.1. The lowest BCUT2D eigenvalue weighted by molar-refractivity contribution is -0.117. The highest BCUT2D eigenvalue weighted by Crippen LogP contribution is 2.40. The molecule has 41 heavy (non-hydrogen) atoms. The van der Waals surface area contributed by atoms with Crippen molar-refractivity contribution in [3.8, 4) is 16.3 Å². The number of methoxy groups -OCH3 is 1. The van der Waals surface area contributed by atoms with Gasteiger partial charge in [-0.1, -0.05) is 6.07 Å². The molecule has 0 atom stereocenters. The van der Waals surface area contributed by atoms with Crippen molar-refractivity contribution in [2.24, 2.45) is 5.92 Å². The summed E-state index contributed by atoms with van der Waals surface area (Å²) in [5.41, 5.74) is 0.663. The molecular formula is C25H30B3N7O5S. The van der Waals surface area contributed by atoms with Gasteiger partial charge >= 0.3 is 0 Å². The standard InChI is InChI=1S/C25H30B3N7O5S/c1-24(39)10-35(11-24)23(38)16-9-29-22(41-16)13-4-3-5-14(19(13)40-2)30-15-8-17(31-20(36)12-6-7-12)33-34-18(15)21(37)32-25(26,27)28/h3-5,8-9,12,39H,6-7,10-11,26-28H2,1-2H3,(H,32,37)(H2,30,31,33,36). The second-order valence-corrected chi connectivity index (χ2v) is 12.7. The Kier molecular flexibility index (Phi) is 7.55. The van der Waals surface area contributed by atoms with Crippen molar-refractivity contribution < 1.29 is 24.2 Å². The third kappa shape index (κ3) is 6.54. The average Bonchev–Trinajstić information content (AvgIpc) is 3.62. The predicted octanol–water partition coefficient (Wildman–Crippen LogP) is -0.852. The highest BCUT2D eigenvalue weighted by molar-refractivity contribution is 7.17. The molecule has 2 aliphatic rings. The van der Waals surface area contributed by atoms with Crippen LogP contribution in [0, 0.1) is 5.92 Å². The number of aromatic nitrogens is 3. The van der Waals surface area contributed by atoms with E-state index in [1.54, 1.807) is 30.0 Å². The molecule has 0 unspecified atom stereocenters. The number of carbonyl (C=O) groups is 3. The van der Waals surface area contributed by atoms with Crippen LogP contribution in [0.2, 0.25) is 0 Å². The molecule has 3 heterocycles. The molecule has 1 saturated heterocycles. The number of anilines is 3. The summed E-state index contributed by atoms with van der Waals surface area (Å²) < 4.78 is 5.76. The van der Waals surface area contributed by atoms with Crippen molar-refractivity contribution in [3.05, 3.63) is 41.0 Å². The van der Waals surface area contributed by atoms with Crippen molar-refractivity contribution in [1.29, 1.82) is 0 Å². The summed E-state index contributed by atoms with van der Waals surface area (Å²) in [6.45, 7) is 2.24. The van der Waals surface area contributed by atoms with Gasteiger partial charge in [0, 0.05) is 12.0 Å². The molecular weight excluding hydrogens is 543 g/mol. The summed E-state index contributed by atoms with van der Waals surface area (Å²) in [6, 6.07) is 6.97. The van der Waals surface area contributed by atoms with Crippen LogP contribution in [0.5, 0.6) is 5.75 Å². The summed E-state index contributed by atoms with van der Waals surface area (Å²) in [6.07, 6.45) is 3.19. The normalized spacial score (nSPS) is 15.9. The fourth-order valence-corrected chi connectivity index (χ4v) is 5.34. The first kappa shape index (κ1) is 28.6. The Morgan fingerprint density at radius 3 is 2.54 bits per heavy atom. The number of rotatable bonds is 9. The number of hydrogen-bond acceptors (Lipinski definition) is 10. The molecule has 2 fully saturated rings. The van der Waals surface area contributed by atoms with Crippen LogP contribution in [0.25, 0.3) is 10.6 Å². The smallest absolute Gasteiger partial charge is 0.272 e. The molecule has 16 heteroatoms. The van der Waals surface area contributed by atoms with Crippen LogP contribution in [0.1, 0.15) is 39.9 Å². The number of likely N-dealkylation sites (tertiary alicyclic amines) is 1. The molecule has 12 nitrogen and oxygen atoms in total. The van der Waals surface area contributed by atoms with E-state index in [9.17, 15) is 19.5 Å². The number of aliphatic hydroxyl groups is 1. The minimum atomic E-state index is -0.864. The lowest BCUT2D eigenvalue weighted by Gasteiger charge is -2.43. The molecule has 0 radical (unpaired) electrons. The Morgan fingerprint density at radius 2 is 1.90 bits per heavy atom. The van der Waals surface area contributed by atoms with Gasteiger partial charge in [-0.15, -0.1) is 21.5 Å². The van der Waals surface area contributed by atoms with E-state index in [0.29, 0.717) is 32.6 Å². The van der Waals surface area contributed by atoms with Crippen molar-refractivity contribution in [2.45, 2.75) is 30.6 Å². The number of para-hydroxylation sites is 1. The number of amides is 3. The molecule has 0 bridgehead atoms. The molecule has 1 aliphatic heterocycles. The fraction of sp³-hybridized carbons (Fsp3) is 0.360. The molecule has 1 aliphatic carbocycles. The number of hydrogen-bond donors (Lipinski definition) is 4. The first-order valence-electron chi connectivity index (χ1n) is 13.3. The van der Waals surface area contributed by atoms with Gasteiger partial charge in [-0.25, -0.2) is 4.98 Å². The Hall–Kier alpha value is -3.91. The van der Waals surface area contributed by atoms with Crippen molar-refractivity contribution in [1.82, 2.24) is 25.4 Å². The molecule has 3 aromatic rings. The number of ether oxygens (including phenoxy) is 1. The highest BCUT2D eigenvalue weighted by Gasteiger charge is 2.40. The van der Waals surface area contributed by atoms with Crippen LogP contribution in [-0.2, 0) is 4.79 Å². The summed E-state index contributed by atoms with van der Waals surface area (Å²) >= 11 is 1.22. The number of thiazole rings is 1. The van der Waals surface area contributed by atoms with Crippen LogP contribution < -0.4 is 20.7 Å². The van der Waals surface area contributed by atoms with Gasteiger partial charge < -0.3 is 30.7 Å². The van der Waals surface area contributed by atoms with E-state index in [1.807, 2.05) is 29.6 Å². The molecule has 210 valence electrons. The van der Waals surface area contributed by atoms with Gasteiger partial charge in [0.25, 0.3) is 11.8 Å². The van der Waals surface area contributed by atoms with Crippen LogP contribution in [0.3, 0.4) is 0 Å². The number of benzene rings is 1. The number of β-amino-alcohol motifs (C(OH)–C–C–N with tert-alkyl or cyclic N) is 1. The zero-order chi connectivity index (χ0) is 29.5. The molecule has 1 aromatic carbocycles.